The van der Waals surface area contributed by atoms with Crippen LogP contribution in [-0.2, 0) is 10.0 Å². The van der Waals surface area contributed by atoms with Gasteiger partial charge in [-0.2, -0.15) is 0 Å². The van der Waals surface area contributed by atoms with Crippen LogP contribution in [0.3, 0.4) is 0 Å². The van der Waals surface area contributed by atoms with Crippen LogP contribution in [0.5, 0.6) is 0 Å². The predicted molar refractivity (Wildman–Crippen MR) is 112 cm³/mol. The molecular weight excluding hydrogens is 374 g/mol. The van der Waals surface area contributed by atoms with E-state index < -0.39 is 10.0 Å². The van der Waals surface area contributed by atoms with Crippen LogP contribution in [0.1, 0.15) is 30.1 Å². The molecule has 3 rings (SSSR count). The quantitative estimate of drug-likeness (QED) is 0.806. The van der Waals surface area contributed by atoms with E-state index in [2.05, 4.69) is 5.32 Å². The summed E-state index contributed by atoms with van der Waals surface area (Å²) in [6, 6.07) is 17.2. The lowest BCUT2D eigenvalue weighted by Gasteiger charge is -2.36. The maximum absolute atomic E-state index is 13.1. The third-order valence-corrected chi connectivity index (χ3v) is 7.19. The smallest absolute Gasteiger partial charge is 0.255 e. The Morgan fingerprint density at radius 1 is 1.07 bits per heavy atom. The highest BCUT2D eigenvalue weighted by Gasteiger charge is 2.31. The van der Waals surface area contributed by atoms with Crippen molar-refractivity contribution in [2.24, 2.45) is 0 Å². The lowest BCUT2D eigenvalue weighted by molar-refractivity contribution is 0.0687. The first kappa shape index (κ1) is 20.4. The number of carbonyl (C=O) groups is 1. The fourth-order valence-electron chi connectivity index (χ4n) is 3.49. The molecule has 1 amide bonds. The van der Waals surface area contributed by atoms with Crippen molar-refractivity contribution in [1.29, 1.82) is 0 Å². The van der Waals surface area contributed by atoms with E-state index >= 15 is 0 Å². The van der Waals surface area contributed by atoms with Gasteiger partial charge in [0.25, 0.3) is 5.91 Å². The van der Waals surface area contributed by atoms with Crippen molar-refractivity contribution in [1.82, 2.24) is 9.21 Å². The highest BCUT2D eigenvalue weighted by atomic mass is 32.2. The second kappa shape index (κ2) is 8.75. The van der Waals surface area contributed by atoms with Gasteiger partial charge in [-0.3, -0.25) is 4.79 Å². The van der Waals surface area contributed by atoms with Crippen LogP contribution in [0.4, 0.5) is 11.4 Å². The van der Waals surface area contributed by atoms with Gasteiger partial charge >= 0.3 is 0 Å². The molecule has 6 nitrogen and oxygen atoms in total. The molecule has 2 aromatic carbocycles. The molecule has 1 heterocycles. The SMILES string of the molecule is CCS(=O)(=O)N(C)C1CCN(C(=O)c2ccccc2Nc2ccccc2)CC1. The van der Waals surface area contributed by atoms with Crippen LogP contribution in [0.15, 0.2) is 54.6 Å². The summed E-state index contributed by atoms with van der Waals surface area (Å²) >= 11 is 0. The van der Waals surface area contributed by atoms with Gasteiger partial charge in [0.15, 0.2) is 0 Å². The lowest BCUT2D eigenvalue weighted by Crippen LogP contribution is -2.47. The van der Waals surface area contributed by atoms with E-state index in [4.69, 9.17) is 0 Å². The maximum atomic E-state index is 13.1. The third-order valence-electron chi connectivity index (χ3n) is 5.28. The molecule has 1 fully saturated rings. The Morgan fingerprint density at radius 3 is 2.32 bits per heavy atom. The van der Waals surface area contributed by atoms with E-state index in [1.807, 2.05) is 59.5 Å². The minimum atomic E-state index is -3.21. The normalized spacial score (nSPS) is 15.6. The summed E-state index contributed by atoms with van der Waals surface area (Å²) in [6.45, 7) is 2.75. The van der Waals surface area contributed by atoms with Crippen molar-refractivity contribution in [2.75, 3.05) is 31.2 Å². The number of piperidine rings is 1. The molecule has 2 aromatic rings. The number of likely N-dealkylation sites (tertiary alicyclic amines) is 1. The molecule has 0 saturated carbocycles. The van der Waals surface area contributed by atoms with Gasteiger partial charge in [-0.15, -0.1) is 0 Å². The van der Waals surface area contributed by atoms with Crippen LogP contribution in [0, 0.1) is 0 Å². The molecule has 1 N–H and O–H groups in total. The van der Waals surface area contributed by atoms with Crippen molar-refractivity contribution >= 4 is 27.3 Å². The standard InChI is InChI=1S/C21H27N3O3S/c1-3-28(26,27)23(2)18-13-15-24(16-14-18)21(25)19-11-7-8-12-20(19)22-17-9-5-4-6-10-17/h4-12,18,22H,3,13-16H2,1-2H3. The van der Waals surface area contributed by atoms with E-state index in [-0.39, 0.29) is 17.7 Å². The molecule has 0 aliphatic carbocycles. The van der Waals surface area contributed by atoms with Crippen molar-refractivity contribution in [2.45, 2.75) is 25.8 Å². The van der Waals surface area contributed by atoms with Crippen molar-refractivity contribution < 1.29 is 13.2 Å². The molecule has 0 spiro atoms. The van der Waals surface area contributed by atoms with E-state index in [9.17, 15) is 13.2 Å². The summed E-state index contributed by atoms with van der Waals surface area (Å²) in [7, 11) is -1.57. The Bertz CT molecular complexity index is 908. The Kier molecular flexibility index (Phi) is 6.36. The molecule has 0 aromatic heterocycles. The number of benzene rings is 2. The molecule has 0 atom stereocenters. The lowest BCUT2D eigenvalue weighted by atomic mass is 10.0. The van der Waals surface area contributed by atoms with Crippen molar-refractivity contribution in [3.8, 4) is 0 Å². The van der Waals surface area contributed by atoms with Crippen molar-refractivity contribution in [3.05, 3.63) is 60.2 Å². The maximum Gasteiger partial charge on any atom is 0.255 e. The Labute approximate surface area is 167 Å². The van der Waals surface area contributed by atoms with Gasteiger partial charge in [-0.05, 0) is 44.0 Å². The number of nitrogens with zero attached hydrogens (tertiary/aromatic N) is 2. The summed E-state index contributed by atoms with van der Waals surface area (Å²) in [5, 5.41) is 3.31. The molecule has 7 heteroatoms. The molecule has 150 valence electrons. The van der Waals surface area contributed by atoms with Gasteiger partial charge in [-0.1, -0.05) is 30.3 Å². The van der Waals surface area contributed by atoms with Crippen LogP contribution in [-0.4, -0.2) is 55.5 Å². The largest absolute Gasteiger partial charge is 0.355 e. The minimum absolute atomic E-state index is 0.0292. The zero-order valence-electron chi connectivity index (χ0n) is 16.3. The highest BCUT2D eigenvalue weighted by Crippen LogP contribution is 2.25. The fourth-order valence-corrected chi connectivity index (χ4v) is 4.56. The van der Waals surface area contributed by atoms with E-state index in [0.29, 0.717) is 31.5 Å². The average molecular weight is 402 g/mol. The third kappa shape index (κ3) is 4.54. The van der Waals surface area contributed by atoms with Gasteiger partial charge in [-0.25, -0.2) is 12.7 Å². The highest BCUT2D eigenvalue weighted by molar-refractivity contribution is 7.89. The summed E-state index contributed by atoms with van der Waals surface area (Å²) in [6.07, 6.45) is 1.30. The van der Waals surface area contributed by atoms with Crippen LogP contribution in [0.2, 0.25) is 0 Å². The number of sulfonamides is 1. The Morgan fingerprint density at radius 2 is 1.68 bits per heavy atom. The van der Waals surface area contributed by atoms with Crippen LogP contribution < -0.4 is 5.32 Å². The summed E-state index contributed by atoms with van der Waals surface area (Å²) in [5.41, 5.74) is 2.32. The van der Waals surface area contributed by atoms with E-state index in [1.54, 1.807) is 14.0 Å². The number of nitrogens with one attached hydrogen (secondary N) is 1. The number of amides is 1. The summed E-state index contributed by atoms with van der Waals surface area (Å²) in [4.78, 5) is 14.9. The van der Waals surface area contributed by atoms with Gasteiger partial charge in [0.2, 0.25) is 10.0 Å². The van der Waals surface area contributed by atoms with Gasteiger partial charge in [0.1, 0.15) is 0 Å². The first-order chi connectivity index (χ1) is 13.4. The molecule has 1 aliphatic heterocycles. The Hall–Kier alpha value is -2.38. The topological polar surface area (TPSA) is 69.7 Å². The van der Waals surface area contributed by atoms with Crippen LogP contribution in [0.25, 0.3) is 0 Å². The monoisotopic (exact) mass is 401 g/mol. The van der Waals surface area contributed by atoms with Gasteiger partial charge < -0.3 is 10.2 Å². The fraction of sp³-hybridized carbons (Fsp3) is 0.381. The second-order valence-corrected chi connectivity index (χ2v) is 9.29. The van der Waals surface area contributed by atoms with E-state index in [1.165, 1.54) is 4.31 Å². The summed E-state index contributed by atoms with van der Waals surface area (Å²) < 4.78 is 25.7. The average Bonchev–Trinajstić information content (AvgIpc) is 2.74. The first-order valence-corrected chi connectivity index (χ1v) is 11.2. The van der Waals surface area contributed by atoms with E-state index in [0.717, 1.165) is 11.4 Å². The molecular formula is C21H27N3O3S. The Balaban J connectivity index is 1.69. The molecule has 1 aliphatic rings. The molecule has 0 radical (unpaired) electrons. The molecule has 28 heavy (non-hydrogen) atoms. The first-order valence-electron chi connectivity index (χ1n) is 9.58. The number of para-hydroxylation sites is 2. The number of anilines is 2. The summed E-state index contributed by atoms with van der Waals surface area (Å²) in [5.74, 6) is 0.0692. The molecule has 0 unspecified atom stereocenters. The zero-order valence-corrected chi connectivity index (χ0v) is 17.2. The number of hydrogen-bond donors (Lipinski definition) is 1. The second-order valence-electron chi connectivity index (χ2n) is 6.98. The van der Waals surface area contributed by atoms with Crippen LogP contribution >= 0.6 is 0 Å². The number of rotatable bonds is 6. The zero-order chi connectivity index (χ0) is 20.1. The molecule has 0 bridgehead atoms. The molecule has 1 saturated heterocycles. The predicted octanol–water partition coefficient (Wildman–Crippen LogP) is 3.32. The van der Waals surface area contributed by atoms with Crippen molar-refractivity contribution in [3.63, 3.8) is 0 Å². The number of hydrogen-bond acceptors (Lipinski definition) is 4. The number of carbonyl (C=O) groups excluding carboxylic acids is 1. The minimum Gasteiger partial charge on any atom is -0.355 e. The van der Waals surface area contributed by atoms with Gasteiger partial charge in [0, 0.05) is 31.9 Å². The van der Waals surface area contributed by atoms with Gasteiger partial charge in [0.05, 0.1) is 17.0 Å².